The van der Waals surface area contributed by atoms with Crippen molar-refractivity contribution >= 4 is 23.0 Å². The van der Waals surface area contributed by atoms with Crippen molar-refractivity contribution in [2.24, 2.45) is 10.4 Å². The minimum atomic E-state index is 0.0205. The van der Waals surface area contributed by atoms with E-state index in [0.29, 0.717) is 5.11 Å². The van der Waals surface area contributed by atoms with Gasteiger partial charge in [0.1, 0.15) is 0 Å². The zero-order valence-corrected chi connectivity index (χ0v) is 10.2. The van der Waals surface area contributed by atoms with Gasteiger partial charge in [-0.05, 0) is 24.6 Å². The van der Waals surface area contributed by atoms with Gasteiger partial charge in [-0.3, -0.25) is 0 Å². The summed E-state index contributed by atoms with van der Waals surface area (Å²) in [7, 11) is 1.69. The molecule has 3 nitrogen and oxygen atoms in total. The largest absolute Gasteiger partial charge is 0.376 e. The highest BCUT2D eigenvalue weighted by Crippen LogP contribution is 2.25. The van der Waals surface area contributed by atoms with E-state index >= 15 is 0 Å². The number of hydrogen-bond donors (Lipinski definition) is 1. The van der Waals surface area contributed by atoms with Crippen LogP contribution in [0.25, 0.3) is 0 Å². The summed E-state index contributed by atoms with van der Waals surface area (Å²) in [5.74, 6) is 0. The molecule has 0 bridgehead atoms. The van der Waals surface area contributed by atoms with Gasteiger partial charge in [-0.15, -0.1) is 0 Å². The van der Waals surface area contributed by atoms with E-state index in [1.165, 1.54) is 0 Å². The molecule has 0 spiro atoms. The maximum atomic E-state index is 5.28. The van der Waals surface area contributed by atoms with E-state index in [-0.39, 0.29) is 17.6 Å². The molecule has 0 saturated heterocycles. The first-order valence-electron chi connectivity index (χ1n) is 4.78. The third kappa shape index (κ3) is 2.30. The molecule has 1 aliphatic rings. The highest BCUT2D eigenvalue weighted by molar-refractivity contribution is 7.80. The fraction of sp³-hybridized carbons (Fsp3) is 0.800. The van der Waals surface area contributed by atoms with Crippen LogP contribution >= 0.6 is 12.2 Å². The van der Waals surface area contributed by atoms with Crippen LogP contribution in [-0.4, -0.2) is 30.1 Å². The minimum absolute atomic E-state index is 0.0205. The summed E-state index contributed by atoms with van der Waals surface area (Å²) >= 11 is 5.06. The van der Waals surface area contributed by atoms with Crippen LogP contribution in [0.2, 0.25) is 0 Å². The van der Waals surface area contributed by atoms with E-state index in [0.717, 1.165) is 5.71 Å². The van der Waals surface area contributed by atoms with Gasteiger partial charge in [-0.2, -0.15) is 0 Å². The number of ether oxygens (including phenoxy) is 1. The van der Waals surface area contributed by atoms with Gasteiger partial charge in [-0.25, -0.2) is 4.99 Å². The Balaban J connectivity index is 2.90. The molecule has 1 N–H and O–H groups in total. The quantitative estimate of drug-likeness (QED) is 0.711. The Morgan fingerprint density at radius 3 is 2.50 bits per heavy atom. The fourth-order valence-corrected chi connectivity index (χ4v) is 1.74. The molecule has 1 heterocycles. The lowest BCUT2D eigenvalue weighted by Crippen LogP contribution is -2.46. The first-order valence-corrected chi connectivity index (χ1v) is 5.19. The zero-order valence-electron chi connectivity index (χ0n) is 9.42. The Kier molecular flexibility index (Phi) is 3.27. The van der Waals surface area contributed by atoms with Crippen molar-refractivity contribution in [3.05, 3.63) is 0 Å². The Morgan fingerprint density at radius 2 is 2.07 bits per heavy atom. The molecule has 1 aliphatic heterocycles. The van der Waals surface area contributed by atoms with Crippen molar-refractivity contribution in [1.29, 1.82) is 0 Å². The predicted molar refractivity (Wildman–Crippen MR) is 62.9 cm³/mol. The third-order valence-corrected chi connectivity index (χ3v) is 2.64. The second-order valence-corrected chi connectivity index (χ2v) is 5.05. The molecule has 0 aromatic carbocycles. The first kappa shape index (κ1) is 11.6. The smallest absolute Gasteiger partial charge is 0.193 e. The monoisotopic (exact) mass is 214 g/mol. The molecule has 0 aromatic rings. The Morgan fingerprint density at radius 1 is 1.50 bits per heavy atom. The fourth-order valence-electron chi connectivity index (χ4n) is 1.52. The topological polar surface area (TPSA) is 33.6 Å². The highest BCUT2D eigenvalue weighted by Gasteiger charge is 2.36. The summed E-state index contributed by atoms with van der Waals surface area (Å²) in [5.41, 5.74) is 1.11. The van der Waals surface area contributed by atoms with Crippen molar-refractivity contribution in [1.82, 2.24) is 5.32 Å². The van der Waals surface area contributed by atoms with Gasteiger partial charge in [0.2, 0.25) is 0 Å². The summed E-state index contributed by atoms with van der Waals surface area (Å²) in [4.78, 5) is 4.32. The Hall–Kier alpha value is -0.480. The molecule has 0 fully saturated rings. The molecule has 80 valence electrons. The molecular formula is C10H18N2OS. The number of thiocarbonyl (C=S) groups is 1. The van der Waals surface area contributed by atoms with Crippen LogP contribution in [0.5, 0.6) is 0 Å². The predicted octanol–water partition coefficient (Wildman–Crippen LogP) is 1.77. The molecule has 0 amide bonds. The van der Waals surface area contributed by atoms with Crippen molar-refractivity contribution in [3.8, 4) is 0 Å². The maximum absolute atomic E-state index is 5.28. The highest BCUT2D eigenvalue weighted by atomic mass is 32.1. The molecule has 14 heavy (non-hydrogen) atoms. The molecule has 0 saturated carbocycles. The van der Waals surface area contributed by atoms with Crippen LogP contribution < -0.4 is 5.32 Å². The van der Waals surface area contributed by atoms with Crippen molar-refractivity contribution in [2.45, 2.75) is 39.8 Å². The van der Waals surface area contributed by atoms with Crippen LogP contribution in [0.15, 0.2) is 4.99 Å². The second kappa shape index (κ2) is 3.95. The van der Waals surface area contributed by atoms with Gasteiger partial charge >= 0.3 is 0 Å². The molecule has 1 rings (SSSR count). The minimum Gasteiger partial charge on any atom is -0.376 e. The second-order valence-electron chi connectivity index (χ2n) is 4.66. The van der Waals surface area contributed by atoms with Crippen molar-refractivity contribution in [3.63, 3.8) is 0 Å². The lowest BCUT2D eigenvalue weighted by Gasteiger charge is -2.30. The van der Waals surface area contributed by atoms with E-state index in [9.17, 15) is 0 Å². The maximum Gasteiger partial charge on any atom is 0.193 e. The van der Waals surface area contributed by atoms with Crippen LogP contribution in [0.4, 0.5) is 0 Å². The first-order chi connectivity index (χ1) is 6.36. The van der Waals surface area contributed by atoms with Crippen molar-refractivity contribution in [2.75, 3.05) is 7.11 Å². The van der Waals surface area contributed by atoms with Gasteiger partial charge in [0.25, 0.3) is 0 Å². The molecule has 0 aromatic heterocycles. The Bertz CT molecular complexity index is 268. The van der Waals surface area contributed by atoms with Gasteiger partial charge in [0.15, 0.2) is 5.11 Å². The number of nitrogens with one attached hydrogen (secondary N) is 1. The molecular weight excluding hydrogens is 196 g/mol. The summed E-state index contributed by atoms with van der Waals surface area (Å²) in [5, 5.41) is 3.78. The van der Waals surface area contributed by atoms with E-state index in [4.69, 9.17) is 17.0 Å². The lowest BCUT2D eigenvalue weighted by molar-refractivity contribution is 0.164. The molecule has 0 aliphatic carbocycles. The third-order valence-electron chi connectivity index (χ3n) is 2.43. The summed E-state index contributed by atoms with van der Waals surface area (Å²) in [6, 6.07) is 0.185. The summed E-state index contributed by atoms with van der Waals surface area (Å²) in [6.45, 7) is 8.48. The van der Waals surface area contributed by atoms with Gasteiger partial charge in [-0.1, -0.05) is 20.8 Å². The normalized spacial score (nSPS) is 24.5. The average molecular weight is 214 g/mol. The standard InChI is InChI=1S/C10H18N2OS/c1-6(13-5)7-8(10(2,3)4)12-9(14)11-7/h6,8H,1-5H3,(H,12,14). The lowest BCUT2D eigenvalue weighted by atomic mass is 9.83. The van der Waals surface area contributed by atoms with E-state index in [2.05, 4.69) is 31.1 Å². The van der Waals surface area contributed by atoms with E-state index < -0.39 is 0 Å². The van der Waals surface area contributed by atoms with Crippen molar-refractivity contribution < 1.29 is 4.74 Å². The Labute approximate surface area is 90.9 Å². The number of aliphatic imine (C=N–C) groups is 1. The molecule has 2 atom stereocenters. The van der Waals surface area contributed by atoms with E-state index in [1.54, 1.807) is 7.11 Å². The zero-order chi connectivity index (χ0) is 10.9. The summed E-state index contributed by atoms with van der Waals surface area (Å²) < 4.78 is 5.28. The van der Waals surface area contributed by atoms with Gasteiger partial charge in [0.05, 0.1) is 17.9 Å². The number of rotatable bonds is 2. The summed E-state index contributed by atoms with van der Waals surface area (Å²) in [6.07, 6.45) is 0.0205. The number of methoxy groups -OCH3 is 1. The van der Waals surface area contributed by atoms with Gasteiger partial charge < -0.3 is 10.1 Å². The van der Waals surface area contributed by atoms with Crippen LogP contribution in [0.1, 0.15) is 27.7 Å². The van der Waals surface area contributed by atoms with Crippen LogP contribution in [0.3, 0.4) is 0 Å². The van der Waals surface area contributed by atoms with E-state index in [1.807, 2.05) is 6.92 Å². The molecule has 4 heteroatoms. The number of hydrogen-bond acceptors (Lipinski definition) is 2. The SMILES string of the molecule is COC(C)C1=NC(=S)NC1C(C)(C)C. The van der Waals surface area contributed by atoms with Crippen LogP contribution in [0, 0.1) is 5.41 Å². The van der Waals surface area contributed by atoms with Gasteiger partial charge in [0, 0.05) is 7.11 Å². The molecule has 0 radical (unpaired) electrons. The van der Waals surface area contributed by atoms with Crippen LogP contribution in [-0.2, 0) is 4.74 Å². The number of nitrogens with zero attached hydrogens (tertiary/aromatic N) is 1. The average Bonchev–Trinajstić information content (AvgIpc) is 2.45. The molecule has 2 unspecified atom stereocenters.